The first-order chi connectivity index (χ1) is 16.3. The van der Waals surface area contributed by atoms with Crippen molar-refractivity contribution in [1.29, 1.82) is 0 Å². The molecule has 2 N–H and O–H groups in total. The molecule has 0 saturated carbocycles. The zero-order valence-electron chi connectivity index (χ0n) is 18.2. The van der Waals surface area contributed by atoms with Gasteiger partial charge in [0.25, 0.3) is 0 Å². The summed E-state index contributed by atoms with van der Waals surface area (Å²) in [6.45, 7) is 2.56. The first kappa shape index (κ1) is 23.8. The molecule has 0 spiro atoms. The number of nitrogens with zero attached hydrogens (tertiary/aromatic N) is 3. The number of halogens is 5. The second kappa shape index (κ2) is 9.47. The van der Waals surface area contributed by atoms with Gasteiger partial charge in [0.15, 0.2) is 11.6 Å². The summed E-state index contributed by atoms with van der Waals surface area (Å²) in [7, 11) is 1.73. The summed E-state index contributed by atoms with van der Waals surface area (Å²) in [5, 5.41) is 5.65. The molecule has 1 aliphatic heterocycles. The monoisotopic (exact) mass is 493 g/mol. The minimum atomic E-state index is -1.06. The summed E-state index contributed by atoms with van der Waals surface area (Å²) in [6.07, 6.45) is 0.880. The van der Waals surface area contributed by atoms with E-state index in [0.717, 1.165) is 35.4 Å². The van der Waals surface area contributed by atoms with Crippen molar-refractivity contribution in [2.45, 2.75) is 6.92 Å². The first-order valence-corrected chi connectivity index (χ1v) is 10.8. The molecule has 3 aromatic rings. The molecule has 6 nitrogen and oxygen atoms in total. The van der Waals surface area contributed by atoms with Crippen LogP contribution < -0.4 is 20.4 Å². The SMILES string of the molecule is CCN1C(=O)N(c2c(F)cc(NCCNC)cc2F)c2cc(Cl)cc(F)c2-c2cc(F)cnc21. The molecule has 0 atom stereocenters. The Morgan fingerprint density at radius 2 is 1.71 bits per heavy atom. The number of likely N-dealkylation sites (N-methyl/N-ethyl adjacent to an activating group) is 1. The number of amides is 2. The van der Waals surface area contributed by atoms with E-state index in [1.807, 2.05) is 0 Å². The zero-order valence-corrected chi connectivity index (χ0v) is 19.0. The minimum absolute atomic E-state index is 0.0111. The fraction of sp³-hybridized carbons (Fsp3) is 0.217. The molecule has 1 aliphatic rings. The number of benzene rings is 2. The second-order valence-electron chi connectivity index (χ2n) is 7.49. The molecule has 0 unspecified atom stereocenters. The van der Waals surface area contributed by atoms with E-state index in [-0.39, 0.29) is 39.9 Å². The summed E-state index contributed by atoms with van der Waals surface area (Å²) in [5.41, 5.74) is -1.11. The van der Waals surface area contributed by atoms with E-state index in [0.29, 0.717) is 18.0 Å². The Hall–Kier alpha value is -3.37. The van der Waals surface area contributed by atoms with Crippen molar-refractivity contribution < 1.29 is 22.4 Å². The third-order valence-corrected chi connectivity index (χ3v) is 5.53. The fourth-order valence-corrected chi connectivity index (χ4v) is 4.06. The molecule has 1 aromatic heterocycles. The molecule has 2 aromatic carbocycles. The number of fused-ring (bicyclic) bond motifs is 3. The van der Waals surface area contributed by atoms with Gasteiger partial charge in [-0.2, -0.15) is 0 Å². The summed E-state index contributed by atoms with van der Waals surface area (Å²) < 4.78 is 60.0. The smallest absolute Gasteiger partial charge is 0.334 e. The van der Waals surface area contributed by atoms with Crippen LogP contribution in [0.25, 0.3) is 11.1 Å². The van der Waals surface area contributed by atoms with E-state index in [9.17, 15) is 9.18 Å². The Bertz CT molecular complexity index is 1250. The summed E-state index contributed by atoms with van der Waals surface area (Å²) >= 11 is 6.06. The number of nitrogens with one attached hydrogen (secondary N) is 2. The van der Waals surface area contributed by atoms with E-state index in [1.54, 1.807) is 14.0 Å². The second-order valence-corrected chi connectivity index (χ2v) is 7.92. The number of carbonyl (C=O) groups excluding carboxylic acids is 1. The van der Waals surface area contributed by atoms with Gasteiger partial charge in [0.05, 0.1) is 11.9 Å². The summed E-state index contributed by atoms with van der Waals surface area (Å²) in [4.78, 5) is 19.4. The van der Waals surface area contributed by atoms with E-state index in [1.165, 1.54) is 6.07 Å². The highest BCUT2D eigenvalue weighted by Crippen LogP contribution is 2.47. The summed E-state index contributed by atoms with van der Waals surface area (Å²) in [6, 6.07) is 4.35. The van der Waals surface area contributed by atoms with Gasteiger partial charge in [-0.05, 0) is 44.3 Å². The molecular formula is C23H20ClF4N5O. The molecule has 0 bridgehead atoms. The highest BCUT2D eigenvalue weighted by molar-refractivity contribution is 6.31. The molecule has 2 heterocycles. The highest BCUT2D eigenvalue weighted by atomic mass is 35.5. The van der Waals surface area contributed by atoms with Gasteiger partial charge >= 0.3 is 6.03 Å². The maximum absolute atomic E-state index is 15.3. The van der Waals surface area contributed by atoms with E-state index in [2.05, 4.69) is 15.6 Å². The number of carbonyl (C=O) groups is 1. The molecule has 0 saturated heterocycles. The molecular weight excluding hydrogens is 474 g/mol. The van der Waals surface area contributed by atoms with Crippen molar-refractivity contribution in [3.8, 4) is 11.1 Å². The number of pyridine rings is 1. The lowest BCUT2D eigenvalue weighted by molar-refractivity contribution is 0.253. The van der Waals surface area contributed by atoms with Crippen LogP contribution >= 0.6 is 11.6 Å². The molecule has 0 fully saturated rings. The van der Waals surface area contributed by atoms with Crippen LogP contribution in [-0.4, -0.2) is 37.7 Å². The van der Waals surface area contributed by atoms with Crippen LogP contribution in [0.3, 0.4) is 0 Å². The number of hydrogen-bond donors (Lipinski definition) is 2. The Labute approximate surface area is 198 Å². The Kier molecular flexibility index (Phi) is 6.63. The average molecular weight is 494 g/mol. The molecule has 11 heteroatoms. The Morgan fingerprint density at radius 3 is 2.35 bits per heavy atom. The van der Waals surface area contributed by atoms with Gasteiger partial charge in [-0.3, -0.25) is 9.80 Å². The van der Waals surface area contributed by atoms with Crippen LogP contribution in [0.4, 0.5) is 45.2 Å². The number of hydrogen-bond acceptors (Lipinski definition) is 4. The molecule has 0 radical (unpaired) electrons. The minimum Gasteiger partial charge on any atom is -0.384 e. The molecule has 4 rings (SSSR count). The van der Waals surface area contributed by atoms with Crippen molar-refractivity contribution >= 4 is 40.5 Å². The lowest BCUT2D eigenvalue weighted by atomic mass is 10.0. The van der Waals surface area contributed by atoms with Gasteiger partial charge in [-0.15, -0.1) is 0 Å². The lowest BCUT2D eigenvalue weighted by Crippen LogP contribution is -2.41. The fourth-order valence-electron chi connectivity index (χ4n) is 3.86. The number of rotatable bonds is 6. The predicted octanol–water partition coefficient (Wildman–Crippen LogP) is 5.69. The maximum Gasteiger partial charge on any atom is 0.334 e. The normalized spacial score (nSPS) is 13.0. The van der Waals surface area contributed by atoms with Gasteiger partial charge in [0.2, 0.25) is 0 Å². The number of urea groups is 1. The van der Waals surface area contributed by atoms with Gasteiger partial charge in [-0.1, -0.05) is 11.6 Å². The largest absolute Gasteiger partial charge is 0.384 e. The van der Waals surface area contributed by atoms with Crippen LogP contribution in [0.15, 0.2) is 36.5 Å². The van der Waals surface area contributed by atoms with Gasteiger partial charge < -0.3 is 10.6 Å². The summed E-state index contributed by atoms with van der Waals surface area (Å²) in [5.74, 6) is -3.85. The average Bonchev–Trinajstić information content (AvgIpc) is 2.86. The van der Waals surface area contributed by atoms with E-state index >= 15 is 13.2 Å². The zero-order chi connectivity index (χ0) is 24.6. The van der Waals surface area contributed by atoms with Crippen molar-refractivity contribution in [1.82, 2.24) is 10.3 Å². The number of anilines is 4. The van der Waals surface area contributed by atoms with Crippen LogP contribution in [0.1, 0.15) is 6.92 Å². The van der Waals surface area contributed by atoms with Crippen LogP contribution in [0, 0.1) is 23.3 Å². The van der Waals surface area contributed by atoms with Crippen molar-refractivity contribution in [3.05, 3.63) is 64.8 Å². The van der Waals surface area contributed by atoms with Crippen molar-refractivity contribution in [2.24, 2.45) is 0 Å². The first-order valence-electron chi connectivity index (χ1n) is 10.4. The van der Waals surface area contributed by atoms with Crippen molar-refractivity contribution in [2.75, 3.05) is 41.8 Å². The third-order valence-electron chi connectivity index (χ3n) is 5.32. The Balaban J connectivity index is 1.98. The standard InChI is InChI=1S/C23H20ClF4N5O/c1-3-32-22-15(8-13(25)11-31-22)20-16(26)6-12(24)7-19(20)33(23(32)34)21-17(27)9-14(10-18(21)28)30-5-4-29-2/h6-11,29-30H,3-5H2,1-2H3. The topological polar surface area (TPSA) is 60.5 Å². The van der Waals surface area contributed by atoms with Crippen molar-refractivity contribution in [3.63, 3.8) is 0 Å². The molecule has 2 amide bonds. The number of aromatic nitrogens is 1. The van der Waals surface area contributed by atoms with E-state index < -0.39 is 35.0 Å². The third kappa shape index (κ3) is 4.14. The highest BCUT2D eigenvalue weighted by Gasteiger charge is 2.37. The quantitative estimate of drug-likeness (QED) is 0.342. The molecule has 178 valence electrons. The van der Waals surface area contributed by atoms with Gasteiger partial charge in [0.1, 0.15) is 23.1 Å². The van der Waals surface area contributed by atoms with E-state index in [4.69, 9.17) is 11.6 Å². The maximum atomic E-state index is 15.3. The van der Waals surface area contributed by atoms with Crippen LogP contribution in [0.2, 0.25) is 5.02 Å². The lowest BCUT2D eigenvalue weighted by Gasteiger charge is -2.28. The predicted molar refractivity (Wildman–Crippen MR) is 124 cm³/mol. The van der Waals surface area contributed by atoms with Crippen LogP contribution in [0.5, 0.6) is 0 Å². The van der Waals surface area contributed by atoms with Gasteiger partial charge in [0, 0.05) is 41.5 Å². The van der Waals surface area contributed by atoms with Crippen LogP contribution in [-0.2, 0) is 0 Å². The molecule has 34 heavy (non-hydrogen) atoms. The molecule has 0 aliphatic carbocycles. The van der Waals surface area contributed by atoms with Gasteiger partial charge in [-0.25, -0.2) is 27.3 Å². The Morgan fingerprint density at radius 1 is 1.00 bits per heavy atom.